The molecule has 2 amide bonds. The Morgan fingerprint density at radius 3 is 2.22 bits per heavy atom. The molecular formula is C26H27N3O3. The van der Waals surface area contributed by atoms with E-state index in [0.29, 0.717) is 32.5 Å². The van der Waals surface area contributed by atoms with Crippen molar-refractivity contribution in [2.24, 2.45) is 0 Å². The molecule has 0 unspecified atom stereocenters. The van der Waals surface area contributed by atoms with Gasteiger partial charge in [-0.05, 0) is 36.1 Å². The number of carbonyl (C=O) groups excluding carboxylic acids is 2. The maximum absolute atomic E-state index is 13.4. The van der Waals surface area contributed by atoms with Crippen LogP contribution in [0.1, 0.15) is 29.7 Å². The van der Waals surface area contributed by atoms with Crippen LogP contribution in [0.3, 0.4) is 0 Å². The number of hydrogen-bond donors (Lipinski definition) is 1. The fraction of sp³-hybridized carbons (Fsp3) is 0.269. The summed E-state index contributed by atoms with van der Waals surface area (Å²) in [6.07, 6.45) is 2.44. The third-order valence-electron chi connectivity index (χ3n) is 6.00. The molecule has 2 aromatic carbocycles. The quantitative estimate of drug-likeness (QED) is 0.641. The van der Waals surface area contributed by atoms with E-state index in [4.69, 9.17) is 4.74 Å². The average molecular weight is 430 g/mol. The Hall–Kier alpha value is -3.67. The zero-order chi connectivity index (χ0) is 22.2. The standard InChI is InChI=1S/C26H27N3O3/c30-24(28-19-23-13-7-8-16-27-23)26(22-11-5-2-6-12-22)14-17-29(18-15-26)25(31)32-20-21-9-3-1-4-10-21/h1-13,16H,14-15,17-20H2,(H,28,30). The van der Waals surface area contributed by atoms with Crippen LogP contribution in [0.25, 0.3) is 0 Å². The highest BCUT2D eigenvalue weighted by molar-refractivity contribution is 5.88. The fourth-order valence-corrected chi connectivity index (χ4v) is 4.13. The van der Waals surface area contributed by atoms with Crippen LogP contribution < -0.4 is 5.32 Å². The molecule has 6 nitrogen and oxygen atoms in total. The average Bonchev–Trinajstić information content (AvgIpc) is 2.87. The van der Waals surface area contributed by atoms with Gasteiger partial charge >= 0.3 is 6.09 Å². The highest BCUT2D eigenvalue weighted by Crippen LogP contribution is 2.36. The van der Waals surface area contributed by atoms with Crippen LogP contribution in [0, 0.1) is 0 Å². The summed E-state index contributed by atoms with van der Waals surface area (Å²) < 4.78 is 5.49. The first-order valence-electron chi connectivity index (χ1n) is 10.9. The minimum atomic E-state index is -0.688. The van der Waals surface area contributed by atoms with Crippen LogP contribution in [0.4, 0.5) is 4.79 Å². The van der Waals surface area contributed by atoms with E-state index in [1.807, 2.05) is 78.9 Å². The largest absolute Gasteiger partial charge is 0.445 e. The number of ether oxygens (including phenoxy) is 1. The molecule has 0 atom stereocenters. The molecule has 1 aliphatic rings. The Bertz CT molecular complexity index is 1020. The number of pyridine rings is 1. The molecule has 1 fully saturated rings. The van der Waals surface area contributed by atoms with Gasteiger partial charge in [0.15, 0.2) is 0 Å². The second kappa shape index (κ2) is 10.1. The second-order valence-electron chi connectivity index (χ2n) is 7.98. The first kappa shape index (κ1) is 21.6. The minimum absolute atomic E-state index is 0.0355. The van der Waals surface area contributed by atoms with Crippen LogP contribution in [-0.4, -0.2) is 35.0 Å². The van der Waals surface area contributed by atoms with E-state index in [-0.39, 0.29) is 18.6 Å². The van der Waals surface area contributed by atoms with Crippen molar-refractivity contribution >= 4 is 12.0 Å². The summed E-state index contributed by atoms with van der Waals surface area (Å²) in [5.74, 6) is -0.0355. The van der Waals surface area contributed by atoms with Crippen molar-refractivity contribution in [2.45, 2.75) is 31.4 Å². The molecule has 1 aromatic heterocycles. The van der Waals surface area contributed by atoms with E-state index in [0.717, 1.165) is 16.8 Å². The number of hydrogen-bond acceptors (Lipinski definition) is 4. The molecule has 164 valence electrons. The third kappa shape index (κ3) is 4.97. The maximum Gasteiger partial charge on any atom is 0.410 e. The Balaban J connectivity index is 1.42. The molecule has 1 N–H and O–H groups in total. The summed E-state index contributed by atoms with van der Waals surface area (Å²) in [6, 6.07) is 25.1. The molecule has 0 saturated carbocycles. The second-order valence-corrected chi connectivity index (χ2v) is 7.98. The van der Waals surface area contributed by atoms with E-state index in [2.05, 4.69) is 10.3 Å². The molecule has 0 aliphatic carbocycles. The molecule has 0 bridgehead atoms. The molecule has 0 spiro atoms. The van der Waals surface area contributed by atoms with E-state index < -0.39 is 5.41 Å². The van der Waals surface area contributed by atoms with Gasteiger partial charge in [-0.15, -0.1) is 0 Å². The van der Waals surface area contributed by atoms with Gasteiger partial charge in [-0.1, -0.05) is 66.7 Å². The van der Waals surface area contributed by atoms with Crippen molar-refractivity contribution in [1.82, 2.24) is 15.2 Å². The molecule has 1 aliphatic heterocycles. The topological polar surface area (TPSA) is 71.5 Å². The number of aromatic nitrogens is 1. The number of nitrogens with zero attached hydrogens (tertiary/aromatic N) is 2. The zero-order valence-electron chi connectivity index (χ0n) is 17.9. The van der Waals surface area contributed by atoms with E-state index >= 15 is 0 Å². The van der Waals surface area contributed by atoms with E-state index in [9.17, 15) is 9.59 Å². The Morgan fingerprint density at radius 2 is 1.56 bits per heavy atom. The number of benzene rings is 2. The SMILES string of the molecule is O=C(OCc1ccccc1)N1CCC(C(=O)NCc2ccccn2)(c2ccccc2)CC1. The van der Waals surface area contributed by atoms with Crippen molar-refractivity contribution in [2.75, 3.05) is 13.1 Å². The van der Waals surface area contributed by atoms with Crippen molar-refractivity contribution in [1.29, 1.82) is 0 Å². The number of piperidine rings is 1. The maximum atomic E-state index is 13.4. The van der Waals surface area contributed by atoms with Crippen molar-refractivity contribution in [3.05, 3.63) is 102 Å². The van der Waals surface area contributed by atoms with Gasteiger partial charge < -0.3 is 15.0 Å². The lowest BCUT2D eigenvalue weighted by Gasteiger charge is -2.40. The number of likely N-dealkylation sites (tertiary alicyclic amines) is 1. The molecule has 3 aromatic rings. The Morgan fingerprint density at radius 1 is 0.906 bits per heavy atom. The van der Waals surface area contributed by atoms with E-state index in [1.165, 1.54) is 0 Å². The molecular weight excluding hydrogens is 402 g/mol. The summed E-state index contributed by atoms with van der Waals surface area (Å²) in [5.41, 5.74) is 2.04. The predicted octanol–water partition coefficient (Wildman–Crippen LogP) is 4.07. The van der Waals surface area contributed by atoms with Gasteiger partial charge in [0.05, 0.1) is 17.7 Å². The summed E-state index contributed by atoms with van der Waals surface area (Å²) in [6.45, 7) is 1.53. The van der Waals surface area contributed by atoms with Crippen LogP contribution in [0.5, 0.6) is 0 Å². The van der Waals surface area contributed by atoms with Crippen LogP contribution >= 0.6 is 0 Å². The Kier molecular flexibility index (Phi) is 6.80. The normalized spacial score (nSPS) is 15.1. The molecule has 2 heterocycles. The van der Waals surface area contributed by atoms with Gasteiger partial charge in [-0.25, -0.2) is 4.79 Å². The van der Waals surface area contributed by atoms with Gasteiger partial charge in [0.1, 0.15) is 6.61 Å². The highest BCUT2D eigenvalue weighted by atomic mass is 16.6. The van der Waals surface area contributed by atoms with Crippen molar-refractivity contribution < 1.29 is 14.3 Å². The fourth-order valence-electron chi connectivity index (χ4n) is 4.13. The number of nitrogens with one attached hydrogen (secondary N) is 1. The van der Waals surface area contributed by atoms with Gasteiger partial charge in [-0.3, -0.25) is 9.78 Å². The summed E-state index contributed by atoms with van der Waals surface area (Å²) in [5, 5.41) is 3.06. The number of amides is 2. The highest BCUT2D eigenvalue weighted by Gasteiger charge is 2.43. The Labute approximate surface area is 188 Å². The number of rotatable bonds is 6. The summed E-state index contributed by atoms with van der Waals surface area (Å²) >= 11 is 0. The zero-order valence-corrected chi connectivity index (χ0v) is 17.9. The lowest BCUT2D eigenvalue weighted by atomic mass is 9.72. The molecule has 1 saturated heterocycles. The van der Waals surface area contributed by atoms with Crippen LogP contribution in [-0.2, 0) is 28.1 Å². The number of carbonyl (C=O) groups is 2. The minimum Gasteiger partial charge on any atom is -0.445 e. The monoisotopic (exact) mass is 429 g/mol. The lowest BCUT2D eigenvalue weighted by Crippen LogP contribution is -2.52. The van der Waals surface area contributed by atoms with E-state index in [1.54, 1.807) is 11.1 Å². The van der Waals surface area contributed by atoms with Crippen LogP contribution in [0.15, 0.2) is 85.1 Å². The summed E-state index contributed by atoms with van der Waals surface area (Å²) in [7, 11) is 0. The van der Waals surface area contributed by atoms with Gasteiger partial charge in [0.2, 0.25) is 5.91 Å². The van der Waals surface area contributed by atoms with Gasteiger partial charge in [-0.2, -0.15) is 0 Å². The molecule has 6 heteroatoms. The molecule has 32 heavy (non-hydrogen) atoms. The predicted molar refractivity (Wildman–Crippen MR) is 122 cm³/mol. The van der Waals surface area contributed by atoms with Crippen LogP contribution in [0.2, 0.25) is 0 Å². The molecule has 0 radical (unpaired) electrons. The van der Waals surface area contributed by atoms with Crippen molar-refractivity contribution in [3.8, 4) is 0 Å². The molecule has 4 rings (SSSR count). The third-order valence-corrected chi connectivity index (χ3v) is 6.00. The van der Waals surface area contributed by atoms with Gasteiger partial charge in [0.25, 0.3) is 0 Å². The first-order valence-corrected chi connectivity index (χ1v) is 10.9. The summed E-state index contributed by atoms with van der Waals surface area (Å²) in [4.78, 5) is 32.0. The smallest absolute Gasteiger partial charge is 0.410 e. The first-order chi connectivity index (χ1) is 15.7. The lowest BCUT2D eigenvalue weighted by molar-refractivity contribution is -0.128. The van der Waals surface area contributed by atoms with Crippen molar-refractivity contribution in [3.63, 3.8) is 0 Å². The van der Waals surface area contributed by atoms with Gasteiger partial charge in [0, 0.05) is 19.3 Å².